The first-order valence-corrected chi connectivity index (χ1v) is 11.2. The van der Waals surface area contributed by atoms with Gasteiger partial charge in [-0.25, -0.2) is 13.4 Å². The molecule has 0 saturated carbocycles. The number of aryl methyl sites for hydroxylation is 1. The summed E-state index contributed by atoms with van der Waals surface area (Å²) in [6, 6.07) is 7.93. The molecule has 0 bridgehead atoms. The molecule has 2 aromatic rings. The van der Waals surface area contributed by atoms with Crippen LogP contribution in [0.1, 0.15) is 35.4 Å². The lowest BCUT2D eigenvalue weighted by Gasteiger charge is -2.18. The quantitative estimate of drug-likeness (QED) is 0.739. The first-order chi connectivity index (χ1) is 13.9. The molecule has 3 heterocycles. The minimum atomic E-state index is -3.47. The Balaban J connectivity index is 1.39. The molecular weight excluding hydrogens is 392 g/mol. The van der Waals surface area contributed by atoms with Crippen LogP contribution in [0.25, 0.3) is 0 Å². The lowest BCUT2D eigenvalue weighted by molar-refractivity contribution is 0.0771. The average Bonchev–Trinajstić information content (AvgIpc) is 3.40. The molecule has 2 aliphatic heterocycles. The molecule has 2 aliphatic rings. The first-order valence-electron chi connectivity index (χ1n) is 9.79. The van der Waals surface area contributed by atoms with E-state index in [0.29, 0.717) is 43.4 Å². The standard InChI is InChI=1S/C20H24N4O4S/c1-15-21-10-8-19(22-15)28-17-9-13-23(14-17)20(25)16-4-6-18(7-5-16)29(26,27)24-11-2-3-12-24/h4-8,10,17H,2-3,9,11-14H2,1H3/t17-/m1/s1. The number of sulfonamides is 1. The zero-order chi connectivity index (χ0) is 20.4. The van der Waals surface area contributed by atoms with Gasteiger partial charge >= 0.3 is 0 Å². The fourth-order valence-corrected chi connectivity index (χ4v) is 5.23. The first kappa shape index (κ1) is 19.8. The number of ether oxygens (including phenoxy) is 1. The Kier molecular flexibility index (Phi) is 5.51. The number of hydrogen-bond donors (Lipinski definition) is 0. The van der Waals surface area contributed by atoms with Gasteiger partial charge in [-0.1, -0.05) is 0 Å². The number of rotatable bonds is 5. The third kappa shape index (κ3) is 4.25. The summed E-state index contributed by atoms with van der Waals surface area (Å²) >= 11 is 0. The molecule has 9 heteroatoms. The van der Waals surface area contributed by atoms with Crippen molar-refractivity contribution < 1.29 is 17.9 Å². The van der Waals surface area contributed by atoms with Gasteiger partial charge in [-0.15, -0.1) is 0 Å². The van der Waals surface area contributed by atoms with Gasteiger partial charge in [0, 0.05) is 43.9 Å². The lowest BCUT2D eigenvalue weighted by atomic mass is 10.2. The van der Waals surface area contributed by atoms with E-state index in [1.54, 1.807) is 36.2 Å². The summed E-state index contributed by atoms with van der Waals surface area (Å²) < 4.78 is 32.6. The molecule has 0 unspecified atom stereocenters. The SMILES string of the molecule is Cc1nccc(O[C@@H]2CCN(C(=O)c3ccc(S(=O)(=O)N4CCCC4)cc3)C2)n1. The summed E-state index contributed by atoms with van der Waals surface area (Å²) in [7, 11) is -3.47. The van der Waals surface area contributed by atoms with Gasteiger partial charge in [0.1, 0.15) is 11.9 Å². The Morgan fingerprint density at radius 1 is 1.10 bits per heavy atom. The lowest BCUT2D eigenvalue weighted by Crippen LogP contribution is -2.31. The molecule has 8 nitrogen and oxygen atoms in total. The second-order valence-electron chi connectivity index (χ2n) is 7.36. The van der Waals surface area contributed by atoms with E-state index in [2.05, 4.69) is 9.97 Å². The predicted octanol–water partition coefficient (Wildman–Crippen LogP) is 1.86. The van der Waals surface area contributed by atoms with Crippen LogP contribution < -0.4 is 4.74 Å². The van der Waals surface area contributed by atoms with E-state index in [0.717, 1.165) is 19.3 Å². The summed E-state index contributed by atoms with van der Waals surface area (Å²) in [4.78, 5) is 23.0. The summed E-state index contributed by atoms with van der Waals surface area (Å²) in [5.74, 6) is 1.02. The van der Waals surface area contributed by atoms with E-state index in [-0.39, 0.29) is 16.9 Å². The van der Waals surface area contributed by atoms with E-state index in [4.69, 9.17) is 4.74 Å². The van der Waals surface area contributed by atoms with E-state index in [9.17, 15) is 13.2 Å². The Morgan fingerprint density at radius 3 is 2.52 bits per heavy atom. The van der Waals surface area contributed by atoms with E-state index >= 15 is 0 Å². The number of benzene rings is 1. The van der Waals surface area contributed by atoms with Crippen LogP contribution in [0, 0.1) is 6.92 Å². The third-order valence-corrected chi connectivity index (χ3v) is 7.19. The van der Waals surface area contributed by atoms with Crippen molar-refractivity contribution in [2.45, 2.75) is 37.2 Å². The molecule has 2 saturated heterocycles. The minimum Gasteiger partial charge on any atom is -0.472 e. The highest BCUT2D eigenvalue weighted by Crippen LogP contribution is 2.23. The number of likely N-dealkylation sites (tertiary alicyclic amines) is 1. The normalized spacial score (nSPS) is 20.2. The second kappa shape index (κ2) is 8.08. The molecule has 154 valence electrons. The maximum absolute atomic E-state index is 12.8. The molecule has 2 fully saturated rings. The van der Waals surface area contributed by atoms with Crippen LogP contribution in [0.4, 0.5) is 0 Å². The van der Waals surface area contributed by atoms with Crippen molar-refractivity contribution in [3.63, 3.8) is 0 Å². The van der Waals surface area contributed by atoms with Crippen molar-refractivity contribution in [1.29, 1.82) is 0 Å². The van der Waals surface area contributed by atoms with Crippen molar-refractivity contribution in [1.82, 2.24) is 19.2 Å². The molecule has 4 rings (SSSR count). The maximum Gasteiger partial charge on any atom is 0.253 e. The van der Waals surface area contributed by atoms with Crippen molar-refractivity contribution in [3.05, 3.63) is 47.9 Å². The van der Waals surface area contributed by atoms with E-state index in [1.165, 1.54) is 16.4 Å². The Morgan fingerprint density at radius 2 is 1.83 bits per heavy atom. The molecular formula is C20H24N4O4S. The van der Waals surface area contributed by atoms with Crippen LogP contribution in [-0.4, -0.2) is 65.8 Å². The Hall–Kier alpha value is -2.52. The average molecular weight is 417 g/mol. The molecule has 0 N–H and O–H groups in total. The van der Waals surface area contributed by atoms with Crippen LogP contribution in [0.3, 0.4) is 0 Å². The fourth-order valence-electron chi connectivity index (χ4n) is 3.71. The monoisotopic (exact) mass is 416 g/mol. The zero-order valence-corrected chi connectivity index (χ0v) is 17.1. The Labute approximate surface area is 170 Å². The summed E-state index contributed by atoms with van der Waals surface area (Å²) in [5.41, 5.74) is 0.476. The molecule has 0 aliphatic carbocycles. The summed E-state index contributed by atoms with van der Waals surface area (Å²) in [6.45, 7) is 3.97. The summed E-state index contributed by atoms with van der Waals surface area (Å²) in [6.07, 6.45) is 4.03. The second-order valence-corrected chi connectivity index (χ2v) is 9.30. The molecule has 1 aromatic heterocycles. The van der Waals surface area contributed by atoms with Crippen molar-refractivity contribution in [3.8, 4) is 5.88 Å². The molecule has 1 atom stereocenters. The maximum atomic E-state index is 12.8. The van der Waals surface area contributed by atoms with Gasteiger partial charge in [0.2, 0.25) is 15.9 Å². The van der Waals surface area contributed by atoms with Gasteiger partial charge < -0.3 is 9.64 Å². The number of aromatic nitrogens is 2. The van der Waals surface area contributed by atoms with Gasteiger partial charge in [0.25, 0.3) is 5.91 Å². The number of carbonyl (C=O) groups is 1. The molecule has 1 aromatic carbocycles. The van der Waals surface area contributed by atoms with Crippen molar-refractivity contribution in [2.75, 3.05) is 26.2 Å². The van der Waals surface area contributed by atoms with Crippen molar-refractivity contribution >= 4 is 15.9 Å². The molecule has 1 amide bonds. The fraction of sp³-hybridized carbons (Fsp3) is 0.450. The van der Waals surface area contributed by atoms with Gasteiger partial charge in [-0.05, 0) is 44.0 Å². The minimum absolute atomic E-state index is 0.122. The molecule has 29 heavy (non-hydrogen) atoms. The van der Waals surface area contributed by atoms with Gasteiger partial charge in [-0.3, -0.25) is 4.79 Å². The predicted molar refractivity (Wildman–Crippen MR) is 106 cm³/mol. The number of carbonyl (C=O) groups excluding carboxylic acids is 1. The van der Waals surface area contributed by atoms with Crippen LogP contribution in [-0.2, 0) is 10.0 Å². The number of hydrogen-bond acceptors (Lipinski definition) is 6. The van der Waals surface area contributed by atoms with Crippen molar-refractivity contribution in [2.24, 2.45) is 0 Å². The molecule has 0 spiro atoms. The van der Waals surface area contributed by atoms with Crippen LogP contribution >= 0.6 is 0 Å². The highest BCUT2D eigenvalue weighted by Gasteiger charge is 2.30. The van der Waals surface area contributed by atoms with E-state index in [1.807, 2.05) is 0 Å². The van der Waals surface area contributed by atoms with Crippen LogP contribution in [0.2, 0.25) is 0 Å². The Bertz CT molecular complexity index is 988. The largest absolute Gasteiger partial charge is 0.472 e. The van der Waals surface area contributed by atoms with E-state index < -0.39 is 10.0 Å². The van der Waals surface area contributed by atoms with Crippen LogP contribution in [0.15, 0.2) is 41.4 Å². The van der Waals surface area contributed by atoms with Gasteiger partial charge in [0.05, 0.1) is 11.4 Å². The van der Waals surface area contributed by atoms with Gasteiger partial charge in [0.15, 0.2) is 0 Å². The molecule has 0 radical (unpaired) electrons. The van der Waals surface area contributed by atoms with Gasteiger partial charge in [-0.2, -0.15) is 9.29 Å². The van der Waals surface area contributed by atoms with Crippen LogP contribution in [0.5, 0.6) is 5.88 Å². The highest BCUT2D eigenvalue weighted by atomic mass is 32.2. The highest BCUT2D eigenvalue weighted by molar-refractivity contribution is 7.89. The number of amides is 1. The smallest absolute Gasteiger partial charge is 0.253 e. The summed E-state index contributed by atoms with van der Waals surface area (Å²) in [5, 5.41) is 0. The topological polar surface area (TPSA) is 92.7 Å². The number of nitrogens with zero attached hydrogens (tertiary/aromatic N) is 4. The zero-order valence-electron chi connectivity index (χ0n) is 16.3. The third-order valence-electron chi connectivity index (χ3n) is 5.27.